The molecule has 0 saturated heterocycles. The van der Waals surface area contributed by atoms with Crippen LogP contribution in [0.5, 0.6) is 11.5 Å². The molecule has 1 aromatic heterocycles. The van der Waals surface area contributed by atoms with Crippen LogP contribution in [0.2, 0.25) is 0 Å². The molecule has 0 saturated carbocycles. The first kappa shape index (κ1) is 17.7. The molecule has 0 aliphatic heterocycles. The van der Waals surface area contributed by atoms with E-state index in [-0.39, 0.29) is 17.6 Å². The van der Waals surface area contributed by atoms with Gasteiger partial charge in [-0.3, -0.25) is 4.98 Å². The number of halogens is 1. The summed E-state index contributed by atoms with van der Waals surface area (Å²) in [4.78, 5) is 8.81. The fourth-order valence-corrected chi connectivity index (χ4v) is 2.73. The third kappa shape index (κ3) is 3.91. The van der Waals surface area contributed by atoms with E-state index in [1.165, 1.54) is 19.2 Å². The van der Waals surface area contributed by atoms with Crippen LogP contribution in [-0.4, -0.2) is 22.2 Å². The Bertz CT molecular complexity index is 902. The molecule has 1 heterocycles. The molecule has 0 fully saturated rings. The van der Waals surface area contributed by atoms with Gasteiger partial charge < -0.3 is 15.2 Å². The van der Waals surface area contributed by atoms with Crippen LogP contribution in [0.3, 0.4) is 0 Å². The number of hydrogen-bond acceptors (Lipinski definition) is 5. The van der Waals surface area contributed by atoms with Crippen LogP contribution in [0.25, 0.3) is 11.3 Å². The number of anilines is 1. The van der Waals surface area contributed by atoms with Crippen molar-refractivity contribution in [1.29, 1.82) is 0 Å². The topological polar surface area (TPSA) is 67.3 Å². The Kier molecular flexibility index (Phi) is 5.31. The molecule has 0 bridgehead atoms. The first-order chi connectivity index (χ1) is 12.6. The maximum atomic E-state index is 13.5. The summed E-state index contributed by atoms with van der Waals surface area (Å²) in [6.07, 6.45) is 4.03. The number of rotatable bonds is 6. The number of ether oxygens (including phenoxy) is 1. The second-order valence-electron chi connectivity index (χ2n) is 5.84. The average Bonchev–Trinajstić information content (AvgIpc) is 2.66. The number of benzene rings is 2. The highest BCUT2D eigenvalue weighted by Gasteiger charge is 2.12. The molecule has 0 aliphatic rings. The van der Waals surface area contributed by atoms with Crippen molar-refractivity contribution in [1.82, 2.24) is 9.97 Å². The molecule has 0 spiro atoms. The molecule has 3 aromatic rings. The number of aromatic nitrogens is 2. The number of hydrogen-bond donors (Lipinski definition) is 2. The zero-order valence-electron chi connectivity index (χ0n) is 14.6. The molecule has 2 aromatic carbocycles. The Morgan fingerprint density at radius 3 is 2.77 bits per heavy atom. The van der Waals surface area contributed by atoms with Crippen LogP contribution in [0, 0.1) is 5.82 Å². The minimum atomic E-state index is -0.265. The molecule has 1 atom stereocenters. The lowest BCUT2D eigenvalue weighted by molar-refractivity contribution is 0.373. The highest BCUT2D eigenvalue weighted by Crippen LogP contribution is 2.31. The van der Waals surface area contributed by atoms with Gasteiger partial charge in [-0.25, -0.2) is 9.37 Å². The standard InChI is InChI=1S/C20H20FN3O2/c1-3-16(13-5-4-6-15(21)9-13)23-20-12-22-11-17(24-20)14-7-8-18(25)19(10-14)26-2/h4-12,16,25H,3H2,1-2H3,(H,23,24). The second kappa shape index (κ2) is 7.82. The summed E-state index contributed by atoms with van der Waals surface area (Å²) >= 11 is 0. The van der Waals surface area contributed by atoms with Crippen molar-refractivity contribution in [3.05, 3.63) is 66.2 Å². The molecular formula is C20H20FN3O2. The quantitative estimate of drug-likeness (QED) is 0.680. The normalized spacial score (nSPS) is 11.8. The smallest absolute Gasteiger partial charge is 0.161 e. The fourth-order valence-electron chi connectivity index (χ4n) is 2.73. The minimum Gasteiger partial charge on any atom is -0.504 e. The molecule has 134 valence electrons. The van der Waals surface area contributed by atoms with Gasteiger partial charge in [0.05, 0.1) is 31.2 Å². The van der Waals surface area contributed by atoms with Crippen LogP contribution >= 0.6 is 0 Å². The first-order valence-electron chi connectivity index (χ1n) is 8.32. The third-order valence-corrected chi connectivity index (χ3v) is 4.09. The van der Waals surface area contributed by atoms with Crippen molar-refractivity contribution in [3.8, 4) is 22.8 Å². The van der Waals surface area contributed by atoms with Gasteiger partial charge in [-0.05, 0) is 42.3 Å². The van der Waals surface area contributed by atoms with E-state index in [9.17, 15) is 9.50 Å². The summed E-state index contributed by atoms with van der Waals surface area (Å²) in [5.41, 5.74) is 2.27. The number of methoxy groups -OCH3 is 1. The van der Waals surface area contributed by atoms with Crippen LogP contribution in [0.4, 0.5) is 10.2 Å². The summed E-state index contributed by atoms with van der Waals surface area (Å²) in [6.45, 7) is 2.02. The summed E-state index contributed by atoms with van der Waals surface area (Å²) in [6, 6.07) is 11.4. The average molecular weight is 353 g/mol. The predicted molar refractivity (Wildman–Crippen MR) is 98.7 cm³/mol. The Morgan fingerprint density at radius 1 is 1.19 bits per heavy atom. The lowest BCUT2D eigenvalue weighted by Crippen LogP contribution is -2.11. The Balaban J connectivity index is 1.87. The van der Waals surface area contributed by atoms with E-state index in [0.29, 0.717) is 17.3 Å². The zero-order valence-corrected chi connectivity index (χ0v) is 14.6. The van der Waals surface area contributed by atoms with E-state index in [2.05, 4.69) is 15.3 Å². The summed E-state index contributed by atoms with van der Waals surface area (Å²) < 4.78 is 18.6. The molecule has 1 unspecified atom stereocenters. The summed E-state index contributed by atoms with van der Waals surface area (Å²) in [5.74, 6) is 0.758. The van der Waals surface area contributed by atoms with Crippen molar-refractivity contribution in [2.45, 2.75) is 19.4 Å². The van der Waals surface area contributed by atoms with Gasteiger partial charge in [0, 0.05) is 5.56 Å². The van der Waals surface area contributed by atoms with Gasteiger partial charge in [-0.2, -0.15) is 0 Å². The van der Waals surface area contributed by atoms with Gasteiger partial charge in [-0.15, -0.1) is 0 Å². The van der Waals surface area contributed by atoms with Gasteiger partial charge in [0.2, 0.25) is 0 Å². The van der Waals surface area contributed by atoms with Crippen LogP contribution in [-0.2, 0) is 0 Å². The third-order valence-electron chi connectivity index (χ3n) is 4.09. The Hall–Kier alpha value is -3.15. The predicted octanol–water partition coefficient (Wildman–Crippen LogP) is 4.56. The van der Waals surface area contributed by atoms with E-state index in [1.54, 1.807) is 36.7 Å². The maximum absolute atomic E-state index is 13.5. The van der Waals surface area contributed by atoms with E-state index < -0.39 is 0 Å². The lowest BCUT2D eigenvalue weighted by atomic mass is 10.0. The molecule has 0 aliphatic carbocycles. The van der Waals surface area contributed by atoms with Gasteiger partial charge in [0.1, 0.15) is 11.6 Å². The monoisotopic (exact) mass is 353 g/mol. The highest BCUT2D eigenvalue weighted by atomic mass is 19.1. The number of phenolic OH excluding ortho intramolecular Hbond substituents is 1. The number of nitrogens with one attached hydrogen (secondary N) is 1. The van der Waals surface area contributed by atoms with Gasteiger partial charge >= 0.3 is 0 Å². The van der Waals surface area contributed by atoms with E-state index in [1.807, 2.05) is 13.0 Å². The number of aromatic hydroxyl groups is 1. The summed E-state index contributed by atoms with van der Waals surface area (Å²) in [7, 11) is 1.49. The van der Waals surface area contributed by atoms with Crippen molar-refractivity contribution < 1.29 is 14.2 Å². The van der Waals surface area contributed by atoms with E-state index in [4.69, 9.17) is 4.74 Å². The largest absolute Gasteiger partial charge is 0.504 e. The number of phenols is 1. The van der Waals surface area contributed by atoms with Crippen molar-refractivity contribution >= 4 is 5.82 Å². The molecule has 3 rings (SSSR count). The highest BCUT2D eigenvalue weighted by molar-refractivity contribution is 5.64. The van der Waals surface area contributed by atoms with Crippen LogP contribution in [0.1, 0.15) is 24.9 Å². The number of nitrogens with zero attached hydrogens (tertiary/aromatic N) is 2. The lowest BCUT2D eigenvalue weighted by Gasteiger charge is -2.18. The molecule has 0 amide bonds. The molecule has 0 radical (unpaired) electrons. The van der Waals surface area contributed by atoms with E-state index >= 15 is 0 Å². The Morgan fingerprint density at radius 2 is 2.04 bits per heavy atom. The second-order valence-corrected chi connectivity index (χ2v) is 5.84. The Labute approximate surface area is 151 Å². The molecular weight excluding hydrogens is 333 g/mol. The van der Waals surface area contributed by atoms with Gasteiger partial charge in [0.25, 0.3) is 0 Å². The van der Waals surface area contributed by atoms with Crippen molar-refractivity contribution in [2.75, 3.05) is 12.4 Å². The molecule has 5 nitrogen and oxygen atoms in total. The molecule has 6 heteroatoms. The van der Waals surface area contributed by atoms with Crippen LogP contribution < -0.4 is 10.1 Å². The van der Waals surface area contributed by atoms with Crippen molar-refractivity contribution in [3.63, 3.8) is 0 Å². The molecule has 2 N–H and O–H groups in total. The van der Waals surface area contributed by atoms with Crippen molar-refractivity contribution in [2.24, 2.45) is 0 Å². The SMILES string of the molecule is CCC(Nc1cncc(-c2ccc(O)c(OC)c2)n1)c1cccc(F)c1. The molecule has 26 heavy (non-hydrogen) atoms. The fraction of sp³-hybridized carbons (Fsp3) is 0.200. The minimum absolute atomic E-state index is 0.0654. The van der Waals surface area contributed by atoms with Crippen LogP contribution in [0.15, 0.2) is 54.9 Å². The van der Waals surface area contributed by atoms with E-state index in [0.717, 1.165) is 17.5 Å². The van der Waals surface area contributed by atoms with Gasteiger partial charge in [0.15, 0.2) is 11.5 Å². The summed E-state index contributed by atoms with van der Waals surface area (Å²) in [5, 5.41) is 13.0. The maximum Gasteiger partial charge on any atom is 0.161 e. The zero-order chi connectivity index (χ0) is 18.5. The van der Waals surface area contributed by atoms with Gasteiger partial charge in [-0.1, -0.05) is 19.1 Å². The first-order valence-corrected chi connectivity index (χ1v) is 8.32.